The fourth-order valence-corrected chi connectivity index (χ4v) is 9.63. The Kier molecular flexibility index (Phi) is 6.20. The van der Waals surface area contributed by atoms with E-state index in [0.717, 1.165) is 12.8 Å². The molecule has 1 heteroatoms. The van der Waals surface area contributed by atoms with Gasteiger partial charge in [0.1, 0.15) is 0 Å². The molecule has 0 saturated carbocycles. The first-order valence-corrected chi connectivity index (χ1v) is 18.5. The van der Waals surface area contributed by atoms with Crippen LogP contribution in [-0.4, -0.2) is 0 Å². The molecule has 0 amide bonds. The standard InChI is InChI=1S/C51H37N/c1-51(2)45-19-11-10-18-42(45)43-27-26-39(31-46(43)51)52(38-24-22-33(23-25-38)32-12-4-3-5-13-32)47-30-37-28-36-21-20-34-14-6-8-16-40(34)48(36)49(37)50-41-17-9-7-15-35(41)29-44(47)50/h3-27,30-31H,28-29H2,1-2H3. The maximum absolute atomic E-state index is 2.56. The quantitative estimate of drug-likeness (QED) is 0.181. The lowest BCUT2D eigenvalue weighted by Crippen LogP contribution is -2.17. The Balaban J connectivity index is 1.17. The van der Waals surface area contributed by atoms with Gasteiger partial charge in [-0.25, -0.2) is 0 Å². The van der Waals surface area contributed by atoms with E-state index in [4.69, 9.17) is 0 Å². The van der Waals surface area contributed by atoms with Gasteiger partial charge in [-0.1, -0.05) is 147 Å². The van der Waals surface area contributed by atoms with Gasteiger partial charge in [0.2, 0.25) is 0 Å². The van der Waals surface area contributed by atoms with E-state index in [-0.39, 0.29) is 5.41 Å². The number of fused-ring (bicyclic) bond motifs is 12. The largest absolute Gasteiger partial charge is 0.310 e. The van der Waals surface area contributed by atoms with Gasteiger partial charge in [-0.05, 0) is 125 Å². The molecule has 0 bridgehead atoms. The van der Waals surface area contributed by atoms with Crippen LogP contribution in [0.25, 0.3) is 55.3 Å². The summed E-state index contributed by atoms with van der Waals surface area (Å²) in [6.07, 6.45) is 1.85. The van der Waals surface area contributed by atoms with E-state index in [1.165, 1.54) is 106 Å². The highest BCUT2D eigenvalue weighted by Gasteiger charge is 2.37. The second-order valence-electron chi connectivity index (χ2n) is 15.3. The molecule has 8 aromatic rings. The summed E-state index contributed by atoms with van der Waals surface area (Å²) in [7, 11) is 0. The molecule has 8 aromatic carbocycles. The average molecular weight is 664 g/mol. The van der Waals surface area contributed by atoms with E-state index in [2.05, 4.69) is 183 Å². The van der Waals surface area contributed by atoms with Crippen LogP contribution in [0.15, 0.2) is 164 Å². The number of nitrogens with zero attached hydrogens (tertiary/aromatic N) is 1. The highest BCUT2D eigenvalue weighted by molar-refractivity contribution is 6.08. The molecule has 1 nitrogen and oxygen atoms in total. The smallest absolute Gasteiger partial charge is 0.0506 e. The Morgan fingerprint density at radius 3 is 2.00 bits per heavy atom. The van der Waals surface area contributed by atoms with Crippen molar-refractivity contribution in [3.63, 3.8) is 0 Å². The fourth-order valence-electron chi connectivity index (χ4n) is 9.63. The van der Waals surface area contributed by atoms with Gasteiger partial charge in [-0.15, -0.1) is 0 Å². The van der Waals surface area contributed by atoms with Gasteiger partial charge >= 0.3 is 0 Å². The van der Waals surface area contributed by atoms with Crippen LogP contribution < -0.4 is 4.90 Å². The van der Waals surface area contributed by atoms with Gasteiger partial charge in [-0.2, -0.15) is 0 Å². The van der Waals surface area contributed by atoms with E-state index in [0.29, 0.717) is 0 Å². The molecule has 246 valence electrons. The monoisotopic (exact) mass is 663 g/mol. The summed E-state index contributed by atoms with van der Waals surface area (Å²) in [6.45, 7) is 4.76. The topological polar surface area (TPSA) is 3.24 Å². The Labute approximate surface area is 305 Å². The summed E-state index contributed by atoms with van der Waals surface area (Å²) in [6, 6.07) is 61.3. The molecule has 3 aliphatic rings. The number of rotatable bonds is 4. The number of hydrogen-bond acceptors (Lipinski definition) is 1. The summed E-state index contributed by atoms with van der Waals surface area (Å²) in [5, 5.41) is 2.66. The molecule has 52 heavy (non-hydrogen) atoms. The first-order valence-electron chi connectivity index (χ1n) is 18.5. The summed E-state index contributed by atoms with van der Waals surface area (Å²) >= 11 is 0. The fraction of sp³-hybridized carbons (Fsp3) is 0.0980. The van der Waals surface area contributed by atoms with Crippen molar-refractivity contribution < 1.29 is 0 Å². The van der Waals surface area contributed by atoms with Gasteiger partial charge in [0.15, 0.2) is 0 Å². The molecule has 11 rings (SSSR count). The minimum atomic E-state index is -0.0937. The predicted octanol–water partition coefficient (Wildman–Crippen LogP) is 13.4. The maximum Gasteiger partial charge on any atom is 0.0506 e. The molecule has 3 aliphatic carbocycles. The van der Waals surface area contributed by atoms with Crippen molar-refractivity contribution in [2.45, 2.75) is 32.1 Å². The molecule has 0 heterocycles. The zero-order valence-electron chi connectivity index (χ0n) is 29.4. The third-order valence-electron chi connectivity index (χ3n) is 12.1. The van der Waals surface area contributed by atoms with Crippen LogP contribution in [0.1, 0.15) is 47.2 Å². The normalized spacial score (nSPS) is 14.0. The molecule has 0 aliphatic heterocycles. The molecular formula is C51H37N. The van der Waals surface area contributed by atoms with Crippen LogP contribution >= 0.6 is 0 Å². The summed E-state index contributed by atoms with van der Waals surface area (Å²) in [5.41, 5.74) is 22.8. The van der Waals surface area contributed by atoms with Crippen LogP contribution in [-0.2, 0) is 18.3 Å². The molecule has 0 N–H and O–H groups in total. The van der Waals surface area contributed by atoms with E-state index in [1.54, 1.807) is 0 Å². The van der Waals surface area contributed by atoms with Crippen molar-refractivity contribution in [1.29, 1.82) is 0 Å². The molecule has 0 atom stereocenters. The molecule has 0 spiro atoms. The SMILES string of the molecule is CC1(C)c2ccccc2-c2ccc(N(c3ccc(-c4ccccc4)cc3)c3cc4c(c5c3Cc3ccccc3-5)-c3c(ccc5ccccc35)C4)cc21. The lowest BCUT2D eigenvalue weighted by molar-refractivity contribution is 0.660. The van der Waals surface area contributed by atoms with Crippen molar-refractivity contribution in [1.82, 2.24) is 0 Å². The van der Waals surface area contributed by atoms with Crippen LogP contribution in [0.3, 0.4) is 0 Å². The number of anilines is 3. The van der Waals surface area contributed by atoms with Gasteiger partial charge < -0.3 is 4.90 Å². The Hall–Kier alpha value is -6.18. The molecule has 0 unspecified atom stereocenters. The van der Waals surface area contributed by atoms with Crippen LogP contribution in [0, 0.1) is 0 Å². The highest BCUT2D eigenvalue weighted by Crippen LogP contribution is 2.56. The van der Waals surface area contributed by atoms with Crippen molar-refractivity contribution in [2.75, 3.05) is 4.90 Å². The average Bonchev–Trinajstić information content (AvgIpc) is 3.84. The summed E-state index contributed by atoms with van der Waals surface area (Å²) < 4.78 is 0. The van der Waals surface area contributed by atoms with Gasteiger partial charge in [0, 0.05) is 23.2 Å². The molecule has 0 radical (unpaired) electrons. The Morgan fingerprint density at radius 1 is 0.442 bits per heavy atom. The van der Waals surface area contributed by atoms with Crippen LogP contribution in [0.4, 0.5) is 17.1 Å². The first-order chi connectivity index (χ1) is 25.5. The third-order valence-corrected chi connectivity index (χ3v) is 12.1. The zero-order chi connectivity index (χ0) is 34.6. The zero-order valence-corrected chi connectivity index (χ0v) is 29.4. The molecule has 0 fully saturated rings. The first kappa shape index (κ1) is 29.5. The summed E-state index contributed by atoms with van der Waals surface area (Å²) in [4.78, 5) is 2.56. The van der Waals surface area contributed by atoms with Crippen molar-refractivity contribution in [3.8, 4) is 44.5 Å². The summed E-state index contributed by atoms with van der Waals surface area (Å²) in [5.74, 6) is 0. The maximum atomic E-state index is 2.56. The van der Waals surface area contributed by atoms with Gasteiger partial charge in [0.05, 0.1) is 5.69 Å². The third kappa shape index (κ3) is 4.17. The molecule has 0 saturated heterocycles. The van der Waals surface area contributed by atoms with Gasteiger partial charge in [0.25, 0.3) is 0 Å². The minimum Gasteiger partial charge on any atom is -0.310 e. The van der Waals surface area contributed by atoms with E-state index < -0.39 is 0 Å². The molecule has 0 aromatic heterocycles. The van der Waals surface area contributed by atoms with Crippen LogP contribution in [0.2, 0.25) is 0 Å². The predicted molar refractivity (Wildman–Crippen MR) is 218 cm³/mol. The number of benzene rings is 8. The van der Waals surface area contributed by atoms with Crippen molar-refractivity contribution in [3.05, 3.63) is 197 Å². The van der Waals surface area contributed by atoms with E-state index >= 15 is 0 Å². The lowest BCUT2D eigenvalue weighted by atomic mass is 9.82. The second kappa shape index (κ2) is 10.9. The minimum absolute atomic E-state index is 0.0937. The van der Waals surface area contributed by atoms with Crippen LogP contribution in [0.5, 0.6) is 0 Å². The Morgan fingerprint density at radius 2 is 1.13 bits per heavy atom. The number of hydrogen-bond donors (Lipinski definition) is 0. The van der Waals surface area contributed by atoms with E-state index in [9.17, 15) is 0 Å². The Bertz CT molecular complexity index is 2750. The van der Waals surface area contributed by atoms with Crippen molar-refractivity contribution in [2.24, 2.45) is 0 Å². The van der Waals surface area contributed by atoms with Crippen molar-refractivity contribution >= 4 is 27.8 Å². The second-order valence-corrected chi connectivity index (χ2v) is 15.3. The van der Waals surface area contributed by atoms with E-state index in [1.807, 2.05) is 0 Å². The van der Waals surface area contributed by atoms with Gasteiger partial charge in [-0.3, -0.25) is 0 Å². The molecular weight excluding hydrogens is 627 g/mol. The highest BCUT2D eigenvalue weighted by atomic mass is 15.1. The lowest BCUT2D eigenvalue weighted by Gasteiger charge is -2.31.